The van der Waals surface area contributed by atoms with Crippen molar-refractivity contribution in [3.8, 4) is 0 Å². The minimum absolute atomic E-state index is 0.186. The number of ether oxygens (including phenoxy) is 1. The van der Waals surface area contributed by atoms with Crippen molar-refractivity contribution in [1.82, 2.24) is 25.4 Å². The van der Waals surface area contributed by atoms with Crippen LogP contribution in [-0.2, 0) is 18.2 Å². The molecule has 1 aromatic heterocycles. The number of hydrogen-bond donors (Lipinski definition) is 2. The smallest absolute Gasteiger partial charge is 0.407 e. The first-order chi connectivity index (χ1) is 10.8. The molecule has 1 aliphatic carbocycles. The molecular formula is C16H29N5O2. The van der Waals surface area contributed by atoms with Crippen LogP contribution >= 0.6 is 0 Å². The van der Waals surface area contributed by atoms with Gasteiger partial charge in [0, 0.05) is 32.1 Å². The average molecular weight is 323 g/mol. The second-order valence-corrected chi connectivity index (χ2v) is 7.27. The average Bonchev–Trinajstić information content (AvgIpc) is 2.82. The maximum atomic E-state index is 11.9. The molecule has 0 saturated heterocycles. The lowest BCUT2D eigenvalue weighted by Crippen LogP contribution is -2.46. The molecular weight excluding hydrogens is 294 g/mol. The predicted octanol–water partition coefficient (Wildman–Crippen LogP) is 1.78. The van der Waals surface area contributed by atoms with Gasteiger partial charge in [-0.1, -0.05) is 0 Å². The van der Waals surface area contributed by atoms with E-state index in [2.05, 4.69) is 20.8 Å². The SMILES string of the molecule is Cn1cnnc1CCNC1CCCC(NC(=O)OC(C)(C)C)C1. The van der Waals surface area contributed by atoms with E-state index in [-0.39, 0.29) is 12.1 Å². The number of nitrogens with zero attached hydrogens (tertiary/aromatic N) is 3. The van der Waals surface area contributed by atoms with Crippen LogP contribution in [0.4, 0.5) is 4.79 Å². The van der Waals surface area contributed by atoms with Gasteiger partial charge in [0.05, 0.1) is 0 Å². The zero-order valence-corrected chi connectivity index (χ0v) is 14.6. The molecule has 2 N–H and O–H groups in total. The fourth-order valence-electron chi connectivity index (χ4n) is 2.90. The van der Waals surface area contributed by atoms with Crippen molar-refractivity contribution in [2.24, 2.45) is 7.05 Å². The normalized spacial score (nSPS) is 21.9. The summed E-state index contributed by atoms with van der Waals surface area (Å²) in [5.41, 5.74) is -0.452. The molecule has 0 radical (unpaired) electrons. The highest BCUT2D eigenvalue weighted by Crippen LogP contribution is 2.19. The highest BCUT2D eigenvalue weighted by atomic mass is 16.6. The molecule has 0 spiro atoms. The van der Waals surface area contributed by atoms with Gasteiger partial charge in [-0.2, -0.15) is 0 Å². The van der Waals surface area contributed by atoms with E-state index in [1.807, 2.05) is 32.4 Å². The highest BCUT2D eigenvalue weighted by molar-refractivity contribution is 5.68. The molecule has 7 heteroatoms. The van der Waals surface area contributed by atoms with Crippen molar-refractivity contribution >= 4 is 6.09 Å². The Kier molecular flexibility index (Phi) is 5.98. The van der Waals surface area contributed by atoms with Gasteiger partial charge < -0.3 is 19.9 Å². The number of aromatic nitrogens is 3. The predicted molar refractivity (Wildman–Crippen MR) is 88.1 cm³/mol. The third-order valence-electron chi connectivity index (χ3n) is 3.98. The summed E-state index contributed by atoms with van der Waals surface area (Å²) >= 11 is 0. The molecule has 0 aliphatic heterocycles. The Balaban J connectivity index is 1.71. The van der Waals surface area contributed by atoms with E-state index < -0.39 is 5.60 Å². The lowest BCUT2D eigenvalue weighted by atomic mass is 9.91. The minimum atomic E-state index is -0.452. The van der Waals surface area contributed by atoms with E-state index in [4.69, 9.17) is 4.74 Å². The largest absolute Gasteiger partial charge is 0.444 e. The Morgan fingerprint density at radius 2 is 2.13 bits per heavy atom. The molecule has 1 heterocycles. The van der Waals surface area contributed by atoms with E-state index in [0.29, 0.717) is 6.04 Å². The van der Waals surface area contributed by atoms with Gasteiger partial charge in [0.25, 0.3) is 0 Å². The molecule has 7 nitrogen and oxygen atoms in total. The number of carbonyl (C=O) groups is 1. The summed E-state index contributed by atoms with van der Waals surface area (Å²) in [5, 5.41) is 14.5. The Morgan fingerprint density at radius 1 is 1.39 bits per heavy atom. The first-order valence-electron chi connectivity index (χ1n) is 8.39. The monoisotopic (exact) mass is 323 g/mol. The molecule has 1 fully saturated rings. The Morgan fingerprint density at radius 3 is 2.78 bits per heavy atom. The minimum Gasteiger partial charge on any atom is -0.444 e. The van der Waals surface area contributed by atoms with Gasteiger partial charge in [0.15, 0.2) is 0 Å². The number of nitrogens with one attached hydrogen (secondary N) is 2. The molecule has 0 aromatic carbocycles. The summed E-state index contributed by atoms with van der Waals surface area (Å²) in [4.78, 5) is 11.9. The molecule has 23 heavy (non-hydrogen) atoms. The van der Waals surface area contributed by atoms with Crippen molar-refractivity contribution in [3.63, 3.8) is 0 Å². The van der Waals surface area contributed by atoms with Crippen LogP contribution in [0, 0.1) is 0 Å². The fraction of sp³-hybridized carbons (Fsp3) is 0.812. The highest BCUT2D eigenvalue weighted by Gasteiger charge is 2.25. The van der Waals surface area contributed by atoms with E-state index in [1.54, 1.807) is 6.33 Å². The van der Waals surface area contributed by atoms with Gasteiger partial charge in [-0.15, -0.1) is 10.2 Å². The van der Waals surface area contributed by atoms with Gasteiger partial charge in [0.1, 0.15) is 17.8 Å². The van der Waals surface area contributed by atoms with Crippen molar-refractivity contribution in [2.75, 3.05) is 6.54 Å². The van der Waals surface area contributed by atoms with Crippen molar-refractivity contribution in [1.29, 1.82) is 0 Å². The summed E-state index contributed by atoms with van der Waals surface area (Å²) < 4.78 is 7.27. The van der Waals surface area contributed by atoms with Crippen molar-refractivity contribution in [3.05, 3.63) is 12.2 Å². The van der Waals surface area contributed by atoms with Gasteiger partial charge in [-0.25, -0.2) is 4.79 Å². The summed E-state index contributed by atoms with van der Waals surface area (Å²) in [6, 6.07) is 0.614. The number of carbonyl (C=O) groups excluding carboxylic acids is 1. The van der Waals surface area contributed by atoms with Crippen LogP contribution in [-0.4, -0.2) is 45.1 Å². The van der Waals surface area contributed by atoms with Crippen LogP contribution in [0.5, 0.6) is 0 Å². The van der Waals surface area contributed by atoms with Gasteiger partial charge >= 0.3 is 6.09 Å². The molecule has 1 amide bonds. The summed E-state index contributed by atoms with van der Waals surface area (Å²) in [7, 11) is 1.96. The summed E-state index contributed by atoms with van der Waals surface area (Å²) in [6.45, 7) is 6.51. The Bertz CT molecular complexity index is 509. The second kappa shape index (κ2) is 7.77. The lowest BCUT2D eigenvalue weighted by Gasteiger charge is -2.31. The maximum Gasteiger partial charge on any atom is 0.407 e. The molecule has 2 atom stereocenters. The van der Waals surface area contributed by atoms with Crippen LogP contribution in [0.15, 0.2) is 6.33 Å². The Hall–Kier alpha value is -1.63. The van der Waals surface area contributed by atoms with E-state index in [0.717, 1.165) is 44.5 Å². The standard InChI is InChI=1S/C16H29N5O2/c1-16(2,3)23-15(22)19-13-7-5-6-12(10-13)17-9-8-14-20-18-11-21(14)4/h11-13,17H,5-10H2,1-4H3,(H,19,22). The van der Waals surface area contributed by atoms with Crippen LogP contribution < -0.4 is 10.6 Å². The number of hydrogen-bond acceptors (Lipinski definition) is 5. The molecule has 2 rings (SSSR count). The van der Waals surface area contributed by atoms with Crippen LogP contribution in [0.2, 0.25) is 0 Å². The van der Waals surface area contributed by atoms with Gasteiger partial charge in [0.2, 0.25) is 0 Å². The molecule has 1 saturated carbocycles. The summed E-state index contributed by atoms with van der Waals surface area (Å²) in [6.07, 6.45) is 6.47. The number of rotatable bonds is 5. The maximum absolute atomic E-state index is 11.9. The second-order valence-electron chi connectivity index (χ2n) is 7.27. The van der Waals surface area contributed by atoms with Crippen LogP contribution in [0.25, 0.3) is 0 Å². The first kappa shape index (κ1) is 17.7. The van der Waals surface area contributed by atoms with E-state index >= 15 is 0 Å². The zero-order chi connectivity index (χ0) is 16.9. The van der Waals surface area contributed by atoms with Gasteiger partial charge in [-0.3, -0.25) is 0 Å². The fourth-order valence-corrected chi connectivity index (χ4v) is 2.90. The third-order valence-corrected chi connectivity index (χ3v) is 3.98. The Labute approximate surface area is 138 Å². The van der Waals surface area contributed by atoms with Gasteiger partial charge in [-0.05, 0) is 46.5 Å². The van der Waals surface area contributed by atoms with E-state index in [1.165, 1.54) is 0 Å². The molecule has 2 unspecified atom stereocenters. The first-order valence-corrected chi connectivity index (χ1v) is 8.39. The zero-order valence-electron chi connectivity index (χ0n) is 14.6. The number of aryl methyl sites for hydroxylation is 1. The molecule has 1 aromatic rings. The van der Waals surface area contributed by atoms with Crippen LogP contribution in [0.3, 0.4) is 0 Å². The van der Waals surface area contributed by atoms with Crippen LogP contribution in [0.1, 0.15) is 52.3 Å². The van der Waals surface area contributed by atoms with E-state index in [9.17, 15) is 4.79 Å². The quantitative estimate of drug-likeness (QED) is 0.863. The molecule has 1 aliphatic rings. The lowest BCUT2D eigenvalue weighted by molar-refractivity contribution is 0.0489. The number of amides is 1. The van der Waals surface area contributed by atoms with Crippen molar-refractivity contribution < 1.29 is 9.53 Å². The molecule has 0 bridgehead atoms. The molecule has 130 valence electrons. The number of alkyl carbamates (subject to hydrolysis) is 1. The topological polar surface area (TPSA) is 81.1 Å². The summed E-state index contributed by atoms with van der Waals surface area (Å²) in [5.74, 6) is 0.983. The van der Waals surface area contributed by atoms with Crippen molar-refractivity contribution in [2.45, 2.75) is 70.6 Å². The third kappa shape index (κ3) is 6.17.